The minimum absolute atomic E-state index is 0.117. The molecule has 6 nitrogen and oxygen atoms in total. The number of carboxylic acids is 1. The van der Waals surface area contributed by atoms with E-state index < -0.39 is 5.97 Å². The second-order valence-corrected chi connectivity index (χ2v) is 4.62. The van der Waals surface area contributed by atoms with Crippen LogP contribution in [0.25, 0.3) is 0 Å². The van der Waals surface area contributed by atoms with Gasteiger partial charge in [-0.1, -0.05) is 6.92 Å². The van der Waals surface area contributed by atoms with E-state index in [0.717, 1.165) is 5.56 Å². The molecule has 1 atom stereocenters. The first-order valence-electron chi connectivity index (χ1n) is 6.15. The number of carbonyl (C=O) groups is 2. The highest BCUT2D eigenvalue weighted by Gasteiger charge is 2.08. The molecule has 0 aromatic carbocycles. The molecular weight excluding hydrogens is 246 g/mol. The molecule has 104 valence electrons. The van der Waals surface area contributed by atoms with E-state index in [1.807, 2.05) is 19.9 Å². The van der Waals surface area contributed by atoms with Crippen molar-refractivity contribution in [2.75, 3.05) is 11.9 Å². The van der Waals surface area contributed by atoms with Crippen LogP contribution in [0.2, 0.25) is 0 Å². The van der Waals surface area contributed by atoms with E-state index >= 15 is 0 Å². The monoisotopic (exact) mass is 265 g/mol. The topological polar surface area (TPSA) is 91.3 Å². The molecule has 0 bridgehead atoms. The summed E-state index contributed by atoms with van der Waals surface area (Å²) in [4.78, 5) is 26.0. The van der Waals surface area contributed by atoms with E-state index in [9.17, 15) is 9.59 Å². The number of nitrogens with zero attached hydrogens (tertiary/aromatic N) is 1. The fourth-order valence-corrected chi connectivity index (χ4v) is 1.54. The van der Waals surface area contributed by atoms with Gasteiger partial charge in [0.15, 0.2) is 0 Å². The van der Waals surface area contributed by atoms with Crippen LogP contribution in [0.5, 0.6) is 0 Å². The molecule has 1 rings (SSSR count). The number of rotatable bonds is 6. The summed E-state index contributed by atoms with van der Waals surface area (Å²) in [5.41, 5.74) is 1.60. The minimum atomic E-state index is -0.817. The van der Waals surface area contributed by atoms with E-state index in [2.05, 4.69) is 15.6 Å². The third kappa shape index (κ3) is 6.40. The number of carbonyl (C=O) groups excluding carboxylic acids is 1. The van der Waals surface area contributed by atoms with Crippen molar-refractivity contribution in [1.29, 1.82) is 0 Å². The van der Waals surface area contributed by atoms with Crippen LogP contribution in [0, 0.1) is 12.8 Å². The Balaban J connectivity index is 2.30. The summed E-state index contributed by atoms with van der Waals surface area (Å²) in [6.07, 6.45) is 3.94. The summed E-state index contributed by atoms with van der Waals surface area (Å²) in [5, 5.41) is 13.9. The Morgan fingerprint density at radius 2 is 2.16 bits per heavy atom. The number of aromatic nitrogens is 1. The van der Waals surface area contributed by atoms with Gasteiger partial charge in [0.1, 0.15) is 0 Å². The molecular formula is C13H19N3O3. The lowest BCUT2D eigenvalue weighted by atomic mass is 10.1. The van der Waals surface area contributed by atoms with Crippen molar-refractivity contribution in [1.82, 2.24) is 10.3 Å². The third-order valence-electron chi connectivity index (χ3n) is 2.59. The predicted octanol–water partition coefficient (Wildman–Crippen LogP) is 2.01. The number of hydrogen-bond acceptors (Lipinski definition) is 3. The van der Waals surface area contributed by atoms with Crippen LogP contribution < -0.4 is 10.6 Å². The van der Waals surface area contributed by atoms with Gasteiger partial charge in [-0.15, -0.1) is 0 Å². The van der Waals surface area contributed by atoms with E-state index in [4.69, 9.17) is 5.11 Å². The molecule has 0 radical (unpaired) electrons. The summed E-state index contributed by atoms with van der Waals surface area (Å²) in [5.74, 6) is -0.695. The van der Waals surface area contributed by atoms with Crippen LogP contribution in [0.3, 0.4) is 0 Å². The molecule has 0 spiro atoms. The SMILES string of the molecule is Cc1cncc(NC(=O)NCC(C)CCC(=O)O)c1. The van der Waals surface area contributed by atoms with Gasteiger partial charge in [-0.25, -0.2) is 4.79 Å². The smallest absolute Gasteiger partial charge is 0.319 e. The van der Waals surface area contributed by atoms with Crippen LogP contribution in [0.15, 0.2) is 18.5 Å². The zero-order chi connectivity index (χ0) is 14.3. The van der Waals surface area contributed by atoms with Gasteiger partial charge in [-0.2, -0.15) is 0 Å². The molecule has 19 heavy (non-hydrogen) atoms. The summed E-state index contributed by atoms with van der Waals surface area (Å²) >= 11 is 0. The zero-order valence-electron chi connectivity index (χ0n) is 11.1. The first-order valence-corrected chi connectivity index (χ1v) is 6.15. The van der Waals surface area contributed by atoms with Crippen LogP contribution in [-0.4, -0.2) is 28.6 Å². The number of urea groups is 1. The Bertz CT molecular complexity index is 449. The molecule has 1 aromatic rings. The summed E-state index contributed by atoms with van der Waals surface area (Å²) < 4.78 is 0. The Labute approximate surface area is 112 Å². The molecule has 1 aromatic heterocycles. The minimum Gasteiger partial charge on any atom is -0.481 e. The molecule has 0 aliphatic rings. The first kappa shape index (κ1) is 14.9. The van der Waals surface area contributed by atoms with Crippen molar-refractivity contribution in [3.63, 3.8) is 0 Å². The Morgan fingerprint density at radius 3 is 2.79 bits per heavy atom. The van der Waals surface area contributed by atoms with E-state index in [-0.39, 0.29) is 18.4 Å². The van der Waals surface area contributed by atoms with Crippen molar-refractivity contribution in [3.05, 3.63) is 24.0 Å². The third-order valence-corrected chi connectivity index (χ3v) is 2.59. The van der Waals surface area contributed by atoms with Gasteiger partial charge >= 0.3 is 12.0 Å². The fourth-order valence-electron chi connectivity index (χ4n) is 1.54. The van der Waals surface area contributed by atoms with Crippen molar-refractivity contribution >= 4 is 17.7 Å². The largest absolute Gasteiger partial charge is 0.481 e. The number of pyridine rings is 1. The van der Waals surface area contributed by atoms with Crippen LogP contribution in [-0.2, 0) is 4.79 Å². The number of aliphatic carboxylic acids is 1. The average Bonchev–Trinajstić information content (AvgIpc) is 2.34. The number of hydrogen-bond donors (Lipinski definition) is 3. The molecule has 0 aliphatic carbocycles. The first-order chi connectivity index (χ1) is 8.97. The van der Waals surface area contributed by atoms with Crippen molar-refractivity contribution in [3.8, 4) is 0 Å². The fraction of sp³-hybridized carbons (Fsp3) is 0.462. The van der Waals surface area contributed by atoms with Crippen LogP contribution in [0.1, 0.15) is 25.3 Å². The van der Waals surface area contributed by atoms with E-state index in [1.165, 1.54) is 0 Å². The average molecular weight is 265 g/mol. The van der Waals surface area contributed by atoms with Crippen molar-refractivity contribution < 1.29 is 14.7 Å². The molecule has 0 fully saturated rings. The molecule has 1 heterocycles. The number of amides is 2. The molecule has 6 heteroatoms. The molecule has 1 unspecified atom stereocenters. The lowest BCUT2D eigenvalue weighted by Crippen LogP contribution is -2.32. The van der Waals surface area contributed by atoms with Gasteiger partial charge in [-0.3, -0.25) is 9.78 Å². The quantitative estimate of drug-likeness (QED) is 0.733. The van der Waals surface area contributed by atoms with Gasteiger partial charge in [0, 0.05) is 19.2 Å². The lowest BCUT2D eigenvalue weighted by molar-refractivity contribution is -0.137. The lowest BCUT2D eigenvalue weighted by Gasteiger charge is -2.12. The second-order valence-electron chi connectivity index (χ2n) is 4.62. The van der Waals surface area contributed by atoms with Crippen molar-refractivity contribution in [2.45, 2.75) is 26.7 Å². The number of aryl methyl sites for hydroxylation is 1. The van der Waals surface area contributed by atoms with E-state index in [1.54, 1.807) is 12.4 Å². The van der Waals surface area contributed by atoms with Gasteiger partial charge < -0.3 is 15.7 Å². The van der Waals surface area contributed by atoms with Crippen LogP contribution >= 0.6 is 0 Å². The van der Waals surface area contributed by atoms with E-state index in [0.29, 0.717) is 18.7 Å². The molecule has 0 saturated heterocycles. The second kappa shape index (κ2) is 7.35. The maximum Gasteiger partial charge on any atom is 0.319 e. The standard InChI is InChI=1S/C13H19N3O3/c1-9(3-4-12(17)18)7-15-13(19)16-11-5-10(2)6-14-8-11/h5-6,8-9H,3-4,7H2,1-2H3,(H,17,18)(H2,15,16,19). The molecule has 2 amide bonds. The highest BCUT2D eigenvalue weighted by molar-refractivity contribution is 5.89. The van der Waals surface area contributed by atoms with Gasteiger partial charge in [0.05, 0.1) is 11.9 Å². The summed E-state index contributed by atoms with van der Waals surface area (Å²) in [7, 11) is 0. The van der Waals surface area contributed by atoms with Gasteiger partial charge in [0.2, 0.25) is 0 Å². The van der Waals surface area contributed by atoms with Crippen molar-refractivity contribution in [2.24, 2.45) is 5.92 Å². The summed E-state index contributed by atoms with van der Waals surface area (Å²) in [6, 6.07) is 1.51. The molecule has 0 aliphatic heterocycles. The zero-order valence-corrected chi connectivity index (χ0v) is 11.1. The maximum atomic E-state index is 11.6. The Kier molecular flexibility index (Phi) is 5.78. The number of nitrogens with one attached hydrogen (secondary N) is 2. The summed E-state index contributed by atoms with van der Waals surface area (Å²) in [6.45, 7) is 4.24. The Morgan fingerprint density at radius 1 is 1.42 bits per heavy atom. The highest BCUT2D eigenvalue weighted by atomic mass is 16.4. The highest BCUT2D eigenvalue weighted by Crippen LogP contribution is 2.07. The Hall–Kier alpha value is -2.11. The van der Waals surface area contributed by atoms with Crippen LogP contribution in [0.4, 0.5) is 10.5 Å². The number of anilines is 1. The maximum absolute atomic E-state index is 11.6. The normalized spacial score (nSPS) is 11.7. The van der Waals surface area contributed by atoms with Gasteiger partial charge in [-0.05, 0) is 30.9 Å². The molecule has 0 saturated carbocycles. The van der Waals surface area contributed by atoms with Gasteiger partial charge in [0.25, 0.3) is 0 Å². The predicted molar refractivity (Wildman–Crippen MR) is 72.0 cm³/mol. The number of carboxylic acid groups (broad SMARTS) is 1. The molecule has 3 N–H and O–H groups in total.